The Morgan fingerprint density at radius 3 is 1.30 bits per heavy atom. The molecule has 1 aromatic rings. The number of phenolic OH excluding ortho intramolecular Hbond substituents is 1. The predicted octanol–water partition coefficient (Wildman–Crippen LogP) is -1.01. The van der Waals surface area contributed by atoms with E-state index < -0.39 is 50.3 Å². The summed E-state index contributed by atoms with van der Waals surface area (Å²) in [5, 5.41) is 51.6. The van der Waals surface area contributed by atoms with E-state index in [2.05, 4.69) is 10.6 Å². The Morgan fingerprint density at radius 1 is 0.741 bits per heavy atom. The molecule has 27 heavy (non-hydrogen) atoms. The number of benzene rings is 1. The Bertz CT molecular complexity index is 632. The summed E-state index contributed by atoms with van der Waals surface area (Å²) in [6, 6.07) is -1.78. The number of carbonyl (C=O) groups is 2. The van der Waals surface area contributed by atoms with Crippen LogP contribution in [0.3, 0.4) is 0 Å². The van der Waals surface area contributed by atoms with Gasteiger partial charge < -0.3 is 36.2 Å². The number of carbonyl (C=O) groups excluding carboxylic acids is 2. The van der Waals surface area contributed by atoms with Crippen molar-refractivity contribution < 1.29 is 35.1 Å². The van der Waals surface area contributed by atoms with Gasteiger partial charge in [-0.3, -0.25) is 9.59 Å². The van der Waals surface area contributed by atoms with Gasteiger partial charge >= 0.3 is 0 Å². The first-order valence-electron chi connectivity index (χ1n) is 7.17. The van der Waals surface area contributed by atoms with Crippen LogP contribution in [0, 0.1) is 10.7 Å². The number of aliphatic hydroxyl groups is 4. The number of aromatic hydroxyl groups is 1. The minimum Gasteiger partial charge on any atom is -0.506 e. The number of phenols is 1. The van der Waals surface area contributed by atoms with Crippen molar-refractivity contribution in [2.24, 2.45) is 0 Å². The van der Waals surface area contributed by atoms with E-state index in [0.29, 0.717) is 0 Å². The predicted molar refractivity (Wildman–Crippen MR) is 123 cm³/mol. The number of nitrogens with one attached hydrogen (secondary N) is 2. The van der Waals surface area contributed by atoms with Gasteiger partial charge in [-0.1, -0.05) is 0 Å². The van der Waals surface area contributed by atoms with E-state index in [4.69, 9.17) is 20.4 Å². The average Bonchev–Trinajstić information content (AvgIpc) is 2.62. The molecule has 0 unspecified atom stereocenters. The van der Waals surface area contributed by atoms with Crippen LogP contribution < -0.4 is 10.6 Å². The van der Waals surface area contributed by atoms with Crippen molar-refractivity contribution in [2.45, 2.75) is 12.1 Å². The van der Waals surface area contributed by atoms with Gasteiger partial charge in [0, 0.05) is 33.1 Å². The second kappa shape index (κ2) is 13.3. The van der Waals surface area contributed by atoms with Gasteiger partial charge in [0.1, 0.15) is 5.75 Å². The first-order valence-corrected chi connectivity index (χ1v) is 10.4. The molecule has 0 aliphatic heterocycles. The molecule has 0 aromatic heterocycles. The summed E-state index contributed by atoms with van der Waals surface area (Å²) in [5.41, 5.74) is 0.0384. The number of amides is 2. The van der Waals surface area contributed by atoms with Gasteiger partial charge in [-0.15, -0.1) is 0 Å². The molecule has 0 saturated heterocycles. The molecule has 0 bridgehead atoms. The van der Waals surface area contributed by atoms with Crippen molar-refractivity contribution in [1.29, 1.82) is 0 Å². The van der Waals surface area contributed by atoms with E-state index in [0.717, 1.165) is 0 Å². The number of hydrogen-bond acceptors (Lipinski definition) is 7. The van der Waals surface area contributed by atoms with E-state index in [1.807, 2.05) is 0 Å². The van der Waals surface area contributed by atoms with E-state index in [9.17, 15) is 14.7 Å². The molecule has 1 aromatic carbocycles. The Labute approximate surface area is 218 Å². The van der Waals surface area contributed by atoms with Crippen LogP contribution in [-0.2, 0) is 0 Å². The third-order valence-electron chi connectivity index (χ3n) is 3.30. The third-order valence-corrected chi connectivity index (χ3v) is 6.48. The Hall–Kier alpha value is 0.990. The Kier molecular flexibility index (Phi) is 13.8. The molecule has 0 atom stereocenters. The van der Waals surface area contributed by atoms with Crippen molar-refractivity contribution in [3.63, 3.8) is 0 Å². The standard InChI is InChI=1S/C14H17I3N2O7.Na/c15-9-7(13(25)18-5(1-20)2-21)10(16)12(24)11(17)8(9)14(26)19-6(3-22)4-23;/h5-6,20-24H,1-4H2,(H,18,25)(H,19,26);. The van der Waals surface area contributed by atoms with Crippen molar-refractivity contribution in [2.75, 3.05) is 26.4 Å². The summed E-state index contributed by atoms with van der Waals surface area (Å²) in [5.74, 6) is -1.61. The Morgan fingerprint density at radius 2 is 1.04 bits per heavy atom. The minimum atomic E-state index is -0.888. The first-order chi connectivity index (χ1) is 12.2. The fraction of sp³-hybridized carbons (Fsp3) is 0.429. The first kappa shape index (κ1) is 28.0. The second-order valence-corrected chi connectivity index (χ2v) is 8.35. The van der Waals surface area contributed by atoms with Gasteiger partial charge in [0.2, 0.25) is 0 Å². The second-order valence-electron chi connectivity index (χ2n) is 5.11. The molecule has 0 aliphatic rings. The van der Waals surface area contributed by atoms with Gasteiger partial charge in [-0.25, -0.2) is 0 Å². The topological polar surface area (TPSA) is 159 Å². The fourth-order valence-corrected chi connectivity index (χ4v) is 6.01. The quantitative estimate of drug-likeness (QED) is 0.134. The smallest absolute Gasteiger partial charge is 0.253 e. The van der Waals surface area contributed by atoms with E-state index in [-0.39, 0.29) is 57.1 Å². The Balaban J connectivity index is 0.00000676. The molecule has 0 fully saturated rings. The summed E-state index contributed by atoms with van der Waals surface area (Å²) in [7, 11) is 0. The van der Waals surface area contributed by atoms with Crippen LogP contribution in [0.5, 0.6) is 5.75 Å². The van der Waals surface area contributed by atoms with Gasteiger partial charge in [0.15, 0.2) is 0 Å². The molecule has 7 N–H and O–H groups in total. The van der Waals surface area contributed by atoms with Gasteiger partial charge in [0.05, 0.1) is 56.8 Å². The zero-order valence-electron chi connectivity index (χ0n) is 14.2. The largest absolute Gasteiger partial charge is 0.506 e. The molecule has 0 aliphatic carbocycles. The van der Waals surface area contributed by atoms with Crippen LogP contribution in [0.25, 0.3) is 0 Å². The van der Waals surface area contributed by atoms with Crippen LogP contribution in [0.15, 0.2) is 0 Å². The number of rotatable bonds is 8. The molecular formula is C14H17I3N2NaO7. The van der Waals surface area contributed by atoms with Gasteiger partial charge in [0.25, 0.3) is 11.8 Å². The SMILES string of the molecule is O=C(NC(CO)CO)c1c(I)c(O)c(I)c(C(=O)NC(CO)CO)c1I.[Na]. The van der Waals surface area contributed by atoms with Crippen LogP contribution in [0.2, 0.25) is 0 Å². The maximum atomic E-state index is 12.5. The van der Waals surface area contributed by atoms with Crippen LogP contribution in [0.1, 0.15) is 20.7 Å². The molecule has 0 heterocycles. The summed E-state index contributed by atoms with van der Waals surface area (Å²) < 4.78 is 0.662. The zero-order valence-corrected chi connectivity index (χ0v) is 22.6. The average molecular weight is 729 g/mol. The fourth-order valence-electron chi connectivity index (χ4n) is 1.86. The number of aliphatic hydroxyl groups excluding tert-OH is 4. The molecular weight excluding hydrogens is 712 g/mol. The van der Waals surface area contributed by atoms with Crippen LogP contribution in [-0.4, -0.2) is 105 Å². The monoisotopic (exact) mass is 729 g/mol. The van der Waals surface area contributed by atoms with Crippen LogP contribution >= 0.6 is 67.8 Å². The van der Waals surface area contributed by atoms with Gasteiger partial charge in [-0.05, 0) is 67.8 Å². The number of hydrogen-bond donors (Lipinski definition) is 7. The molecule has 147 valence electrons. The summed E-state index contributed by atoms with van der Waals surface area (Å²) >= 11 is 5.32. The molecule has 1 radical (unpaired) electrons. The molecule has 2 amide bonds. The molecule has 13 heteroatoms. The number of halogens is 3. The minimum absolute atomic E-state index is 0. The van der Waals surface area contributed by atoms with E-state index in [1.165, 1.54) is 0 Å². The molecule has 9 nitrogen and oxygen atoms in total. The van der Waals surface area contributed by atoms with E-state index >= 15 is 0 Å². The molecule has 0 saturated carbocycles. The van der Waals surface area contributed by atoms with Crippen molar-refractivity contribution >= 4 is 109 Å². The van der Waals surface area contributed by atoms with Crippen molar-refractivity contribution in [1.82, 2.24) is 10.6 Å². The third kappa shape index (κ3) is 7.02. The van der Waals surface area contributed by atoms with Gasteiger partial charge in [-0.2, -0.15) is 0 Å². The molecule has 1 rings (SSSR count). The van der Waals surface area contributed by atoms with Crippen molar-refractivity contribution in [3.05, 3.63) is 21.8 Å². The van der Waals surface area contributed by atoms with E-state index in [1.54, 1.807) is 67.8 Å². The molecule has 0 spiro atoms. The maximum Gasteiger partial charge on any atom is 0.253 e. The summed E-state index contributed by atoms with van der Waals surface area (Å²) in [4.78, 5) is 25.0. The summed E-state index contributed by atoms with van der Waals surface area (Å²) in [6.45, 7) is -1.91. The summed E-state index contributed by atoms with van der Waals surface area (Å²) in [6.07, 6.45) is 0. The normalized spacial score (nSPS) is 10.7. The maximum absolute atomic E-state index is 12.5. The zero-order chi connectivity index (χ0) is 20.0. The van der Waals surface area contributed by atoms with Crippen LogP contribution in [0.4, 0.5) is 0 Å². The van der Waals surface area contributed by atoms with Crippen molar-refractivity contribution in [3.8, 4) is 5.75 Å².